The molecule has 0 amide bonds. The second-order valence-electron chi connectivity index (χ2n) is 19.7. The van der Waals surface area contributed by atoms with Crippen LogP contribution in [0.3, 0.4) is 0 Å². The molecule has 0 atom stereocenters. The lowest BCUT2D eigenvalue weighted by molar-refractivity contribution is 0.392. The van der Waals surface area contributed by atoms with Crippen molar-refractivity contribution in [2.24, 2.45) is 16.2 Å². The van der Waals surface area contributed by atoms with Crippen LogP contribution in [0.2, 0.25) is 0 Å². The number of hydrogen-bond acceptors (Lipinski definition) is 1. The second kappa shape index (κ2) is 14.9. The fraction of sp³-hybridized carbons (Fsp3) is 0.263. The van der Waals surface area contributed by atoms with Crippen molar-refractivity contribution in [3.8, 4) is 0 Å². The van der Waals surface area contributed by atoms with Gasteiger partial charge < -0.3 is 4.90 Å². The molecule has 0 radical (unpaired) electrons. The molecule has 0 aliphatic heterocycles. The van der Waals surface area contributed by atoms with Crippen LogP contribution in [0.15, 0.2) is 127 Å². The van der Waals surface area contributed by atoms with Crippen LogP contribution < -0.4 is 4.90 Å². The van der Waals surface area contributed by atoms with Crippen LogP contribution in [0.1, 0.15) is 108 Å². The number of benzene rings is 6. The first-order chi connectivity index (χ1) is 27.8. The summed E-state index contributed by atoms with van der Waals surface area (Å²) < 4.78 is 0. The van der Waals surface area contributed by atoms with Crippen LogP contribution in [0.5, 0.6) is 0 Å². The van der Waals surface area contributed by atoms with Crippen LogP contribution in [-0.4, -0.2) is 0 Å². The van der Waals surface area contributed by atoms with E-state index in [9.17, 15) is 0 Å². The van der Waals surface area contributed by atoms with E-state index < -0.39 is 0 Å². The summed E-state index contributed by atoms with van der Waals surface area (Å²) >= 11 is 0. The molecular formula is C57H57N. The average molecular weight is 756 g/mol. The minimum atomic E-state index is 0.333. The average Bonchev–Trinajstić information content (AvgIpc) is 3.82. The molecule has 0 saturated heterocycles. The van der Waals surface area contributed by atoms with Crippen molar-refractivity contribution < 1.29 is 0 Å². The van der Waals surface area contributed by atoms with Crippen LogP contribution >= 0.6 is 0 Å². The SMILES string of the molecule is CC1(C)Cc2ccc(/C=C/c3ccc(N(c4ccc(/C=C/c5ccc6c(c5)CC(C)(C)C6)cc4)c4ccc(/C=C/c5cccc6c5CC(C)(C)C6)cc4)cc3)cc2C1. The highest BCUT2D eigenvalue weighted by Gasteiger charge is 2.30. The Bertz CT molecular complexity index is 2430. The lowest BCUT2D eigenvalue weighted by Crippen LogP contribution is -2.09. The lowest BCUT2D eigenvalue weighted by atomic mass is 9.90. The van der Waals surface area contributed by atoms with Crippen LogP contribution in [0, 0.1) is 16.2 Å². The summed E-state index contributed by atoms with van der Waals surface area (Å²) in [7, 11) is 0. The summed E-state index contributed by atoms with van der Waals surface area (Å²) in [6, 6.07) is 47.7. The van der Waals surface area contributed by atoms with Gasteiger partial charge >= 0.3 is 0 Å². The van der Waals surface area contributed by atoms with Crippen molar-refractivity contribution in [1.29, 1.82) is 0 Å². The third-order valence-electron chi connectivity index (χ3n) is 12.6. The van der Waals surface area contributed by atoms with Gasteiger partial charge in [0.2, 0.25) is 0 Å². The van der Waals surface area contributed by atoms with E-state index in [0.717, 1.165) is 42.7 Å². The second-order valence-corrected chi connectivity index (χ2v) is 19.7. The van der Waals surface area contributed by atoms with Gasteiger partial charge in [-0.2, -0.15) is 0 Å². The molecule has 290 valence electrons. The molecule has 58 heavy (non-hydrogen) atoms. The highest BCUT2D eigenvalue weighted by atomic mass is 15.1. The van der Waals surface area contributed by atoms with E-state index in [4.69, 9.17) is 0 Å². The fourth-order valence-electron chi connectivity index (χ4n) is 9.83. The van der Waals surface area contributed by atoms with Gasteiger partial charge in [0.25, 0.3) is 0 Å². The maximum Gasteiger partial charge on any atom is 0.0462 e. The van der Waals surface area contributed by atoms with Gasteiger partial charge in [-0.1, -0.05) is 169 Å². The van der Waals surface area contributed by atoms with E-state index in [1.807, 2.05) is 0 Å². The van der Waals surface area contributed by atoms with Gasteiger partial charge in [0.15, 0.2) is 0 Å². The third kappa shape index (κ3) is 8.32. The molecule has 0 heterocycles. The summed E-state index contributed by atoms with van der Waals surface area (Å²) in [5.74, 6) is 0. The fourth-order valence-corrected chi connectivity index (χ4v) is 9.83. The first-order valence-corrected chi connectivity index (χ1v) is 21.3. The van der Waals surface area contributed by atoms with E-state index in [-0.39, 0.29) is 0 Å². The standard InChI is InChI=1S/C57H57N/c1-55(2)34-46-24-15-43(32-49(46)37-55)12-10-40-17-26-51(27-18-40)58(52-28-19-41(20-29-52)11-13-44-16-25-47-35-56(3,4)38-50(47)33-44)53-30-21-42(22-31-53)14-23-45-8-7-9-48-36-57(5,6)39-54(45)48/h7-33H,34-39H2,1-6H3/b12-10+,13-11+,23-14+. The first-order valence-electron chi connectivity index (χ1n) is 21.3. The van der Waals surface area contributed by atoms with Gasteiger partial charge in [-0.15, -0.1) is 0 Å². The topological polar surface area (TPSA) is 3.24 Å². The Morgan fingerprint density at radius 2 is 0.707 bits per heavy atom. The largest absolute Gasteiger partial charge is 0.311 e. The van der Waals surface area contributed by atoms with E-state index in [1.165, 1.54) is 79.6 Å². The molecule has 0 N–H and O–H groups in total. The molecule has 0 bridgehead atoms. The summed E-state index contributed by atoms with van der Waals surface area (Å²) in [6.45, 7) is 14.2. The lowest BCUT2D eigenvalue weighted by Gasteiger charge is -2.26. The number of nitrogens with zero attached hydrogens (tertiary/aromatic N) is 1. The van der Waals surface area contributed by atoms with Crippen molar-refractivity contribution in [1.82, 2.24) is 0 Å². The molecule has 3 aliphatic carbocycles. The quantitative estimate of drug-likeness (QED) is 0.133. The van der Waals surface area contributed by atoms with Gasteiger partial charge in [0.05, 0.1) is 0 Å². The van der Waals surface area contributed by atoms with Gasteiger partial charge in [-0.05, 0) is 158 Å². The summed E-state index contributed by atoms with van der Waals surface area (Å²) in [5, 5.41) is 0. The van der Waals surface area contributed by atoms with Gasteiger partial charge in [-0.3, -0.25) is 0 Å². The maximum absolute atomic E-state index is 2.38. The van der Waals surface area contributed by atoms with Crippen molar-refractivity contribution >= 4 is 53.5 Å². The smallest absolute Gasteiger partial charge is 0.0462 e. The molecule has 9 rings (SSSR count). The van der Waals surface area contributed by atoms with Crippen LogP contribution in [-0.2, 0) is 38.5 Å². The molecular weight excluding hydrogens is 699 g/mol. The Labute approximate surface area is 347 Å². The molecule has 0 unspecified atom stereocenters. The number of rotatable bonds is 9. The van der Waals surface area contributed by atoms with Crippen molar-refractivity contribution in [2.45, 2.75) is 80.1 Å². The van der Waals surface area contributed by atoms with Crippen LogP contribution in [0.4, 0.5) is 17.1 Å². The number of anilines is 3. The predicted molar refractivity (Wildman–Crippen MR) is 251 cm³/mol. The van der Waals surface area contributed by atoms with Gasteiger partial charge in [0.1, 0.15) is 0 Å². The minimum absolute atomic E-state index is 0.333. The molecule has 0 fully saturated rings. The van der Waals surface area contributed by atoms with E-state index in [1.54, 1.807) is 0 Å². The van der Waals surface area contributed by atoms with Gasteiger partial charge in [0, 0.05) is 17.1 Å². The van der Waals surface area contributed by atoms with Crippen LogP contribution in [0.25, 0.3) is 36.5 Å². The highest BCUT2D eigenvalue weighted by molar-refractivity contribution is 5.81. The normalized spacial score (nSPS) is 17.3. The Kier molecular flexibility index (Phi) is 9.76. The maximum atomic E-state index is 2.38. The van der Waals surface area contributed by atoms with Crippen molar-refractivity contribution in [3.05, 3.63) is 194 Å². The van der Waals surface area contributed by atoms with E-state index in [2.05, 4.69) is 210 Å². The third-order valence-corrected chi connectivity index (χ3v) is 12.6. The van der Waals surface area contributed by atoms with Crippen molar-refractivity contribution in [2.75, 3.05) is 4.90 Å². The number of hydrogen-bond donors (Lipinski definition) is 0. The predicted octanol–water partition coefficient (Wildman–Crippen LogP) is 15.0. The Morgan fingerprint density at radius 1 is 0.345 bits per heavy atom. The highest BCUT2D eigenvalue weighted by Crippen LogP contribution is 2.40. The van der Waals surface area contributed by atoms with E-state index >= 15 is 0 Å². The summed E-state index contributed by atoms with van der Waals surface area (Å²) in [5.41, 5.74) is 20.9. The Balaban J connectivity index is 0.971. The molecule has 6 aromatic carbocycles. The summed E-state index contributed by atoms with van der Waals surface area (Å²) in [4.78, 5) is 2.37. The zero-order valence-electron chi connectivity index (χ0n) is 35.3. The molecule has 3 aliphatic rings. The Morgan fingerprint density at radius 3 is 1.17 bits per heavy atom. The summed E-state index contributed by atoms with van der Waals surface area (Å²) in [6.07, 6.45) is 20.5. The number of fused-ring (bicyclic) bond motifs is 3. The minimum Gasteiger partial charge on any atom is -0.311 e. The molecule has 1 heteroatoms. The molecule has 0 aromatic heterocycles. The molecule has 6 aromatic rings. The monoisotopic (exact) mass is 755 g/mol. The van der Waals surface area contributed by atoms with E-state index in [0.29, 0.717) is 16.2 Å². The zero-order valence-corrected chi connectivity index (χ0v) is 35.3. The van der Waals surface area contributed by atoms with Gasteiger partial charge in [-0.25, -0.2) is 0 Å². The Hall–Kier alpha value is -5.66. The molecule has 0 spiro atoms. The van der Waals surface area contributed by atoms with Crippen molar-refractivity contribution in [3.63, 3.8) is 0 Å². The zero-order chi connectivity index (χ0) is 40.1. The first kappa shape index (κ1) is 37.9. The molecule has 1 nitrogen and oxygen atoms in total. The molecule has 0 saturated carbocycles.